The maximum atomic E-state index is 13.7. The summed E-state index contributed by atoms with van der Waals surface area (Å²) in [6, 6.07) is 11.2. The van der Waals surface area contributed by atoms with Crippen molar-refractivity contribution >= 4 is 28.7 Å². The summed E-state index contributed by atoms with van der Waals surface area (Å²) in [7, 11) is 0. The Morgan fingerprint density at radius 2 is 1.65 bits per heavy atom. The van der Waals surface area contributed by atoms with E-state index in [1.54, 1.807) is 6.07 Å². The first kappa shape index (κ1) is 27.5. The van der Waals surface area contributed by atoms with Crippen LogP contribution >= 0.6 is 0 Å². The Morgan fingerprint density at radius 1 is 0.925 bits per heavy atom. The van der Waals surface area contributed by atoms with Gasteiger partial charge in [-0.25, -0.2) is 9.97 Å². The fourth-order valence-electron chi connectivity index (χ4n) is 4.80. The first-order chi connectivity index (χ1) is 19.0. The number of hydrogen-bond donors (Lipinski definition) is 1. The van der Waals surface area contributed by atoms with Gasteiger partial charge in [0.15, 0.2) is 0 Å². The fraction of sp³-hybridized carbons (Fsp3) is 0.286. The summed E-state index contributed by atoms with van der Waals surface area (Å²) >= 11 is 0. The first-order valence-corrected chi connectivity index (χ1v) is 12.5. The standard InChI is InChI=1S/C28H23F6N5O/c29-27(30,31)19-4-6-20(7-5-19)36-26-21-8-3-18(24-22(28(32,33)34)2-1-11-35-24)16-23(21)37-25(38-26)17-9-12-39(13-10-17)14-15-40/h1-8,11,15-17H,9-10,12-14H2,(H,36,37,38). The molecule has 6 nitrogen and oxygen atoms in total. The molecule has 0 radical (unpaired) electrons. The molecule has 0 atom stereocenters. The third-order valence-electron chi connectivity index (χ3n) is 6.86. The molecule has 2 aromatic heterocycles. The number of fused-ring (bicyclic) bond motifs is 1. The number of aldehydes is 1. The fourth-order valence-corrected chi connectivity index (χ4v) is 4.80. The van der Waals surface area contributed by atoms with E-state index in [1.165, 1.54) is 36.5 Å². The monoisotopic (exact) mass is 559 g/mol. The number of piperidine rings is 1. The van der Waals surface area contributed by atoms with E-state index in [9.17, 15) is 31.1 Å². The molecule has 3 heterocycles. The summed E-state index contributed by atoms with van der Waals surface area (Å²) in [4.78, 5) is 26.3. The molecule has 208 valence electrons. The third-order valence-corrected chi connectivity index (χ3v) is 6.86. The number of likely N-dealkylation sites (tertiary alicyclic amines) is 1. The van der Waals surface area contributed by atoms with E-state index < -0.39 is 23.5 Å². The number of hydrogen-bond acceptors (Lipinski definition) is 6. The highest BCUT2D eigenvalue weighted by Crippen LogP contribution is 2.38. The van der Waals surface area contributed by atoms with Gasteiger partial charge >= 0.3 is 12.4 Å². The van der Waals surface area contributed by atoms with Gasteiger partial charge in [0, 0.05) is 28.8 Å². The lowest BCUT2D eigenvalue weighted by atomic mass is 9.95. The molecule has 1 N–H and O–H groups in total. The van der Waals surface area contributed by atoms with Crippen LogP contribution in [0.5, 0.6) is 0 Å². The van der Waals surface area contributed by atoms with Gasteiger partial charge < -0.3 is 10.1 Å². The zero-order valence-corrected chi connectivity index (χ0v) is 20.9. The van der Waals surface area contributed by atoms with Crippen molar-refractivity contribution in [1.82, 2.24) is 19.9 Å². The summed E-state index contributed by atoms with van der Waals surface area (Å²) in [5.41, 5.74) is -0.982. The highest BCUT2D eigenvalue weighted by Gasteiger charge is 2.34. The molecule has 4 aromatic rings. The largest absolute Gasteiger partial charge is 0.418 e. The van der Waals surface area contributed by atoms with Crippen LogP contribution in [0.3, 0.4) is 0 Å². The minimum atomic E-state index is -4.61. The van der Waals surface area contributed by atoms with Crippen LogP contribution in [0.1, 0.15) is 35.7 Å². The van der Waals surface area contributed by atoms with E-state index in [0.717, 1.165) is 24.5 Å². The van der Waals surface area contributed by atoms with Gasteiger partial charge in [0.1, 0.15) is 17.9 Å². The molecule has 1 aliphatic heterocycles. The quantitative estimate of drug-likeness (QED) is 0.206. The van der Waals surface area contributed by atoms with Crippen LogP contribution in [-0.4, -0.2) is 45.8 Å². The third kappa shape index (κ3) is 5.91. The van der Waals surface area contributed by atoms with Crippen LogP contribution in [0.2, 0.25) is 0 Å². The SMILES string of the molecule is O=CCN1CCC(c2nc(Nc3ccc(C(F)(F)F)cc3)c3ccc(-c4ncccc4C(F)(F)F)cc3n2)CC1. The van der Waals surface area contributed by atoms with E-state index >= 15 is 0 Å². The topological polar surface area (TPSA) is 71.0 Å². The molecular weight excluding hydrogens is 536 g/mol. The lowest BCUT2D eigenvalue weighted by Crippen LogP contribution is -2.34. The first-order valence-electron chi connectivity index (χ1n) is 12.5. The molecule has 0 spiro atoms. The molecule has 1 fully saturated rings. The summed E-state index contributed by atoms with van der Waals surface area (Å²) < 4.78 is 80.1. The predicted octanol–water partition coefficient (Wildman–Crippen LogP) is 6.85. The van der Waals surface area contributed by atoms with Gasteiger partial charge in [-0.3, -0.25) is 9.88 Å². The van der Waals surface area contributed by atoms with Crippen molar-refractivity contribution in [3.8, 4) is 11.3 Å². The zero-order chi connectivity index (χ0) is 28.5. The highest BCUT2D eigenvalue weighted by molar-refractivity contribution is 5.93. The Hall–Kier alpha value is -4.06. The number of nitrogens with one attached hydrogen (secondary N) is 1. The molecule has 12 heteroatoms. The summed E-state index contributed by atoms with van der Waals surface area (Å²) in [5.74, 6) is 0.699. The maximum absolute atomic E-state index is 13.7. The van der Waals surface area contributed by atoms with Gasteiger partial charge in [-0.15, -0.1) is 0 Å². The Kier molecular flexibility index (Phi) is 7.45. The van der Waals surface area contributed by atoms with Crippen molar-refractivity contribution in [3.05, 3.63) is 77.7 Å². The molecule has 5 rings (SSSR count). The number of alkyl halides is 6. The number of halogens is 6. The second-order valence-electron chi connectivity index (χ2n) is 9.50. The van der Waals surface area contributed by atoms with Crippen molar-refractivity contribution in [2.45, 2.75) is 31.1 Å². The molecule has 0 amide bonds. The van der Waals surface area contributed by atoms with Crippen LogP contribution in [0.15, 0.2) is 60.8 Å². The number of nitrogens with zero attached hydrogens (tertiary/aromatic N) is 4. The molecule has 0 unspecified atom stereocenters. The highest BCUT2D eigenvalue weighted by atomic mass is 19.4. The van der Waals surface area contributed by atoms with E-state index in [4.69, 9.17) is 9.97 Å². The van der Waals surface area contributed by atoms with Crippen molar-refractivity contribution in [1.29, 1.82) is 0 Å². The average Bonchev–Trinajstić information content (AvgIpc) is 2.92. The number of pyridine rings is 1. The second-order valence-corrected chi connectivity index (χ2v) is 9.50. The molecule has 2 aromatic carbocycles. The van der Waals surface area contributed by atoms with Crippen molar-refractivity contribution < 1.29 is 31.1 Å². The van der Waals surface area contributed by atoms with Gasteiger partial charge in [-0.2, -0.15) is 26.3 Å². The van der Waals surface area contributed by atoms with Gasteiger partial charge in [0.2, 0.25) is 0 Å². The molecule has 40 heavy (non-hydrogen) atoms. The Morgan fingerprint density at radius 3 is 2.30 bits per heavy atom. The molecular formula is C28H23F6N5O. The molecule has 1 aliphatic rings. The molecule has 0 bridgehead atoms. The minimum Gasteiger partial charge on any atom is -0.340 e. The molecule has 1 saturated heterocycles. The normalized spacial score (nSPS) is 15.3. The predicted molar refractivity (Wildman–Crippen MR) is 137 cm³/mol. The summed E-state index contributed by atoms with van der Waals surface area (Å²) in [5, 5.41) is 3.54. The smallest absolute Gasteiger partial charge is 0.340 e. The van der Waals surface area contributed by atoms with E-state index in [0.29, 0.717) is 60.7 Å². The zero-order valence-electron chi connectivity index (χ0n) is 20.9. The van der Waals surface area contributed by atoms with Crippen LogP contribution < -0.4 is 5.32 Å². The van der Waals surface area contributed by atoms with Gasteiger partial charge in [0.05, 0.1) is 28.9 Å². The molecule has 0 aliphatic carbocycles. The number of carbonyl (C=O) groups is 1. The average molecular weight is 560 g/mol. The van der Waals surface area contributed by atoms with E-state index in [1.807, 2.05) is 4.90 Å². The Labute approximate surface area is 225 Å². The number of rotatable bonds is 6. The van der Waals surface area contributed by atoms with Crippen molar-refractivity contribution in [3.63, 3.8) is 0 Å². The lowest BCUT2D eigenvalue weighted by molar-refractivity contribution is -0.138. The van der Waals surface area contributed by atoms with Crippen molar-refractivity contribution in [2.24, 2.45) is 0 Å². The Bertz CT molecular complexity index is 1510. The van der Waals surface area contributed by atoms with E-state index in [-0.39, 0.29) is 17.2 Å². The maximum Gasteiger partial charge on any atom is 0.418 e. The van der Waals surface area contributed by atoms with Crippen LogP contribution in [0.25, 0.3) is 22.2 Å². The number of aromatic nitrogens is 3. The van der Waals surface area contributed by atoms with E-state index in [2.05, 4.69) is 10.3 Å². The van der Waals surface area contributed by atoms with Crippen LogP contribution in [0.4, 0.5) is 37.8 Å². The lowest BCUT2D eigenvalue weighted by Gasteiger charge is -2.30. The van der Waals surface area contributed by atoms with Crippen molar-refractivity contribution in [2.75, 3.05) is 25.0 Å². The Balaban J connectivity index is 1.57. The second kappa shape index (κ2) is 10.8. The van der Waals surface area contributed by atoms with Crippen LogP contribution in [0, 0.1) is 0 Å². The van der Waals surface area contributed by atoms with Gasteiger partial charge in [-0.1, -0.05) is 6.07 Å². The molecule has 0 saturated carbocycles. The van der Waals surface area contributed by atoms with Gasteiger partial charge in [0.25, 0.3) is 0 Å². The number of carbonyl (C=O) groups excluding carboxylic acids is 1. The number of benzene rings is 2. The number of anilines is 2. The summed E-state index contributed by atoms with van der Waals surface area (Å²) in [6.07, 6.45) is -5.64. The van der Waals surface area contributed by atoms with Crippen LogP contribution in [-0.2, 0) is 17.1 Å². The van der Waals surface area contributed by atoms with Gasteiger partial charge in [-0.05, 0) is 74.5 Å². The summed E-state index contributed by atoms with van der Waals surface area (Å²) in [6.45, 7) is 1.62. The minimum absolute atomic E-state index is 0.0790.